The van der Waals surface area contributed by atoms with Gasteiger partial charge in [-0.15, -0.1) is 0 Å². The first-order valence-corrected chi connectivity index (χ1v) is 12.4. The van der Waals surface area contributed by atoms with Gasteiger partial charge in [0.15, 0.2) is 8.32 Å². The Bertz CT molecular complexity index is 497. The predicted octanol–water partition coefficient (Wildman–Crippen LogP) is 4.81. The molecule has 1 unspecified atom stereocenters. The SMILES string of the molecule is COC(=O)CCC(C)(CO[Si](C)(C)C(C)(C)C)B1OC(C)(C)C(C)(C)O1. The van der Waals surface area contributed by atoms with E-state index in [9.17, 15) is 4.79 Å². The molecule has 0 amide bonds. The molecule has 0 bridgehead atoms. The molecule has 0 spiro atoms. The number of carbonyl (C=O) groups is 1. The van der Waals surface area contributed by atoms with Crippen molar-refractivity contribution in [3.8, 4) is 0 Å². The molecule has 0 aromatic heterocycles. The Hall–Kier alpha value is -0.368. The largest absolute Gasteiger partial charge is 0.469 e. The zero-order chi connectivity index (χ0) is 20.6. The van der Waals surface area contributed by atoms with E-state index in [4.69, 9.17) is 18.5 Å². The average molecular weight is 386 g/mol. The molecule has 1 saturated heterocycles. The number of hydrogen-bond donors (Lipinski definition) is 0. The van der Waals surface area contributed by atoms with Gasteiger partial charge in [-0.05, 0) is 52.2 Å². The van der Waals surface area contributed by atoms with Gasteiger partial charge in [0.1, 0.15) is 0 Å². The molecule has 0 N–H and O–H groups in total. The van der Waals surface area contributed by atoms with Crippen molar-refractivity contribution in [1.29, 1.82) is 0 Å². The molecule has 0 saturated carbocycles. The van der Waals surface area contributed by atoms with Crippen LogP contribution < -0.4 is 0 Å². The average Bonchev–Trinajstić information content (AvgIpc) is 2.70. The van der Waals surface area contributed by atoms with Gasteiger partial charge >= 0.3 is 13.1 Å². The lowest BCUT2D eigenvalue weighted by Crippen LogP contribution is -2.46. The summed E-state index contributed by atoms with van der Waals surface area (Å²) in [6, 6.07) is 0. The fraction of sp³-hybridized carbons (Fsp3) is 0.947. The number of hydrogen-bond acceptors (Lipinski definition) is 5. The number of ether oxygens (including phenoxy) is 1. The third kappa shape index (κ3) is 5.12. The maximum Gasteiger partial charge on any atom is 0.466 e. The maximum absolute atomic E-state index is 11.8. The van der Waals surface area contributed by atoms with Crippen LogP contribution in [-0.2, 0) is 23.3 Å². The van der Waals surface area contributed by atoms with Gasteiger partial charge in [-0.1, -0.05) is 27.7 Å². The lowest BCUT2D eigenvalue weighted by molar-refractivity contribution is -0.140. The second kappa shape index (κ2) is 7.57. The molecule has 5 nitrogen and oxygen atoms in total. The van der Waals surface area contributed by atoms with Gasteiger partial charge in [0.2, 0.25) is 0 Å². The van der Waals surface area contributed by atoms with Gasteiger partial charge in [0.05, 0.1) is 18.3 Å². The third-order valence-electron chi connectivity index (χ3n) is 6.52. The topological polar surface area (TPSA) is 54.0 Å². The van der Waals surface area contributed by atoms with E-state index in [1.165, 1.54) is 7.11 Å². The Morgan fingerprint density at radius 1 is 1.04 bits per heavy atom. The molecular formula is C19H39BO5Si. The predicted molar refractivity (Wildman–Crippen MR) is 109 cm³/mol. The van der Waals surface area contributed by atoms with Gasteiger partial charge in [-0.3, -0.25) is 4.79 Å². The Labute approximate surface area is 161 Å². The zero-order valence-electron chi connectivity index (χ0n) is 18.7. The molecule has 0 aromatic carbocycles. The van der Waals surface area contributed by atoms with E-state index < -0.39 is 32.0 Å². The van der Waals surface area contributed by atoms with Gasteiger partial charge in [-0.25, -0.2) is 0 Å². The van der Waals surface area contributed by atoms with E-state index in [2.05, 4.69) is 40.8 Å². The Balaban J connectivity index is 3.02. The summed E-state index contributed by atoms with van der Waals surface area (Å²) in [5.41, 5.74) is -0.831. The number of esters is 1. The summed E-state index contributed by atoms with van der Waals surface area (Å²) in [7, 11) is -0.940. The molecule has 152 valence electrons. The minimum absolute atomic E-state index is 0.117. The van der Waals surface area contributed by atoms with Crippen LogP contribution in [0.5, 0.6) is 0 Å². The van der Waals surface area contributed by atoms with Gasteiger partial charge < -0.3 is 18.5 Å². The van der Waals surface area contributed by atoms with Crippen LogP contribution in [0.15, 0.2) is 0 Å². The van der Waals surface area contributed by atoms with Crippen LogP contribution in [0.4, 0.5) is 0 Å². The van der Waals surface area contributed by atoms with Crippen LogP contribution in [0.25, 0.3) is 0 Å². The molecule has 1 aliphatic rings. The number of methoxy groups -OCH3 is 1. The van der Waals surface area contributed by atoms with Gasteiger partial charge in [0.25, 0.3) is 0 Å². The van der Waals surface area contributed by atoms with Gasteiger partial charge in [0, 0.05) is 18.3 Å². The summed E-state index contributed by atoms with van der Waals surface area (Å²) >= 11 is 0. The highest BCUT2D eigenvalue weighted by atomic mass is 28.4. The first-order chi connectivity index (χ1) is 11.5. The standard InChI is InChI=1S/C19H39BO5Si/c1-16(2,3)26(10,11)23-14-19(8,13-12-15(21)22-9)20-24-17(4,5)18(6,7)25-20/h12-14H2,1-11H3. The van der Waals surface area contributed by atoms with Crippen molar-refractivity contribution in [2.24, 2.45) is 0 Å². The molecule has 0 aromatic rings. The minimum Gasteiger partial charge on any atom is -0.469 e. The van der Waals surface area contributed by atoms with Crippen LogP contribution in [0.2, 0.25) is 23.4 Å². The van der Waals surface area contributed by atoms with E-state index >= 15 is 0 Å². The lowest BCUT2D eigenvalue weighted by atomic mass is 9.56. The van der Waals surface area contributed by atoms with Crippen LogP contribution in [0, 0.1) is 0 Å². The van der Waals surface area contributed by atoms with E-state index in [1.807, 2.05) is 27.7 Å². The van der Waals surface area contributed by atoms with Crippen molar-refractivity contribution in [1.82, 2.24) is 0 Å². The Kier molecular flexibility index (Phi) is 6.89. The fourth-order valence-electron chi connectivity index (χ4n) is 2.44. The fourth-order valence-corrected chi connectivity index (χ4v) is 3.56. The summed E-state index contributed by atoms with van der Waals surface area (Å²) < 4.78 is 24.0. The van der Waals surface area contributed by atoms with Crippen molar-refractivity contribution in [2.75, 3.05) is 13.7 Å². The van der Waals surface area contributed by atoms with Crippen molar-refractivity contribution < 1.29 is 23.3 Å². The summed E-state index contributed by atoms with van der Waals surface area (Å²) in [5.74, 6) is -0.222. The van der Waals surface area contributed by atoms with Crippen LogP contribution >= 0.6 is 0 Å². The molecule has 1 fully saturated rings. The molecule has 0 aliphatic carbocycles. The van der Waals surface area contributed by atoms with E-state index in [0.29, 0.717) is 19.4 Å². The third-order valence-corrected chi connectivity index (χ3v) is 11.0. The van der Waals surface area contributed by atoms with E-state index in [1.54, 1.807) is 0 Å². The molecule has 1 rings (SSSR count). The van der Waals surface area contributed by atoms with Crippen molar-refractivity contribution in [2.45, 2.75) is 103 Å². The normalized spacial score (nSPS) is 22.2. The Morgan fingerprint density at radius 3 is 1.88 bits per heavy atom. The summed E-state index contributed by atoms with van der Waals surface area (Å²) in [4.78, 5) is 11.8. The van der Waals surface area contributed by atoms with Gasteiger partial charge in [-0.2, -0.15) is 0 Å². The van der Waals surface area contributed by atoms with Crippen molar-refractivity contribution in [3.05, 3.63) is 0 Å². The van der Waals surface area contributed by atoms with Crippen LogP contribution in [0.3, 0.4) is 0 Å². The summed E-state index contributed by atoms with van der Waals surface area (Å²) in [6.07, 6.45) is 0.906. The maximum atomic E-state index is 11.8. The minimum atomic E-state index is -1.93. The second-order valence-electron chi connectivity index (χ2n) is 10.4. The quantitative estimate of drug-likeness (QED) is 0.464. The monoisotopic (exact) mass is 386 g/mol. The highest BCUT2D eigenvalue weighted by Gasteiger charge is 2.58. The highest BCUT2D eigenvalue weighted by molar-refractivity contribution is 6.74. The molecule has 1 aliphatic heterocycles. The van der Waals surface area contributed by atoms with Crippen molar-refractivity contribution >= 4 is 21.4 Å². The molecule has 7 heteroatoms. The molecular weight excluding hydrogens is 347 g/mol. The smallest absolute Gasteiger partial charge is 0.466 e. The summed E-state index contributed by atoms with van der Waals surface area (Å²) in [6.45, 7) is 21.9. The Morgan fingerprint density at radius 2 is 1.50 bits per heavy atom. The first kappa shape index (κ1) is 23.7. The molecule has 26 heavy (non-hydrogen) atoms. The summed E-state index contributed by atoms with van der Waals surface area (Å²) in [5, 5.41) is -0.319. The molecule has 0 radical (unpaired) electrons. The van der Waals surface area contributed by atoms with Crippen LogP contribution in [0.1, 0.15) is 68.2 Å². The zero-order valence-corrected chi connectivity index (χ0v) is 19.7. The highest BCUT2D eigenvalue weighted by Crippen LogP contribution is 2.48. The lowest BCUT2D eigenvalue weighted by Gasteiger charge is -2.40. The second-order valence-corrected chi connectivity index (χ2v) is 15.2. The molecule has 1 heterocycles. The van der Waals surface area contributed by atoms with Crippen LogP contribution in [-0.4, -0.2) is 46.3 Å². The van der Waals surface area contributed by atoms with Crippen molar-refractivity contribution in [3.63, 3.8) is 0 Å². The molecule has 1 atom stereocenters. The number of carbonyl (C=O) groups excluding carboxylic acids is 1. The number of rotatable bonds is 7. The van der Waals surface area contributed by atoms with E-state index in [0.717, 1.165) is 0 Å². The first-order valence-electron chi connectivity index (χ1n) is 9.54. The van der Waals surface area contributed by atoms with E-state index in [-0.39, 0.29) is 11.0 Å².